The summed E-state index contributed by atoms with van der Waals surface area (Å²) in [7, 11) is 0. The normalized spacial score (nSPS) is 20.1. The van der Waals surface area contributed by atoms with Crippen molar-refractivity contribution >= 4 is 11.8 Å². The Balaban J connectivity index is 2.19. The van der Waals surface area contributed by atoms with Crippen molar-refractivity contribution in [2.24, 2.45) is 5.92 Å². The Labute approximate surface area is 112 Å². The lowest BCUT2D eigenvalue weighted by atomic mass is 10.0. The fourth-order valence-electron chi connectivity index (χ4n) is 2.30. The highest BCUT2D eigenvalue weighted by atomic mass is 32.2. The Morgan fingerprint density at radius 3 is 2.35 bits per heavy atom. The first-order valence-electron chi connectivity index (χ1n) is 6.94. The average molecular weight is 258 g/mol. The fourth-order valence-corrected chi connectivity index (χ4v) is 2.53. The second kappa shape index (κ2) is 7.01. The van der Waals surface area contributed by atoms with Crippen LogP contribution in [0.25, 0.3) is 0 Å². The average Bonchev–Trinajstić information content (AvgIpc) is 2.28. The highest BCUT2D eigenvalue weighted by Gasteiger charge is 2.22. The molecule has 0 aromatic rings. The maximum absolute atomic E-state index is 3.74. The van der Waals surface area contributed by atoms with E-state index in [4.69, 9.17) is 0 Å². The summed E-state index contributed by atoms with van der Waals surface area (Å²) in [6.45, 7) is 14.2. The van der Waals surface area contributed by atoms with E-state index in [-0.39, 0.29) is 0 Å². The first kappa shape index (κ1) is 15.3. The van der Waals surface area contributed by atoms with Gasteiger partial charge in [0.2, 0.25) is 0 Å². The van der Waals surface area contributed by atoms with Crippen molar-refractivity contribution in [3.63, 3.8) is 0 Å². The van der Waals surface area contributed by atoms with Crippen LogP contribution in [0, 0.1) is 5.92 Å². The summed E-state index contributed by atoms with van der Waals surface area (Å²) in [5.41, 5.74) is 0. The third-order valence-electron chi connectivity index (χ3n) is 3.58. The molecule has 0 bridgehead atoms. The van der Waals surface area contributed by atoms with Crippen LogP contribution in [-0.2, 0) is 0 Å². The van der Waals surface area contributed by atoms with E-state index in [1.165, 1.54) is 32.5 Å². The Bertz CT molecular complexity index is 208. The molecule has 0 radical (unpaired) electrons. The first-order chi connectivity index (χ1) is 7.93. The zero-order chi connectivity index (χ0) is 12.9. The van der Waals surface area contributed by atoms with E-state index in [9.17, 15) is 0 Å². The molecular weight excluding hydrogens is 228 g/mol. The van der Waals surface area contributed by atoms with Gasteiger partial charge in [0.15, 0.2) is 0 Å². The second-order valence-electron chi connectivity index (χ2n) is 6.31. The van der Waals surface area contributed by atoms with Crippen LogP contribution in [0.3, 0.4) is 0 Å². The van der Waals surface area contributed by atoms with Crippen LogP contribution in [0.4, 0.5) is 0 Å². The van der Waals surface area contributed by atoms with Crippen LogP contribution in [0.15, 0.2) is 0 Å². The van der Waals surface area contributed by atoms with Crippen LogP contribution in [0.1, 0.15) is 40.5 Å². The monoisotopic (exact) mass is 258 g/mol. The third kappa shape index (κ3) is 6.12. The molecule has 1 fully saturated rings. The predicted octanol–water partition coefficient (Wildman–Crippen LogP) is 2.84. The van der Waals surface area contributed by atoms with Crippen molar-refractivity contribution in [1.29, 1.82) is 0 Å². The topological polar surface area (TPSA) is 15.3 Å². The number of likely N-dealkylation sites (tertiary alicyclic amines) is 1. The molecule has 0 unspecified atom stereocenters. The van der Waals surface area contributed by atoms with Crippen LogP contribution in [0.5, 0.6) is 0 Å². The fraction of sp³-hybridized carbons (Fsp3) is 1.00. The molecule has 0 aromatic carbocycles. The minimum Gasteiger partial charge on any atom is -0.313 e. The third-order valence-corrected chi connectivity index (χ3v) is 4.83. The van der Waals surface area contributed by atoms with Gasteiger partial charge in [-0.1, -0.05) is 13.8 Å². The lowest BCUT2D eigenvalue weighted by Gasteiger charge is -2.35. The predicted molar refractivity (Wildman–Crippen MR) is 79.9 cm³/mol. The molecule has 1 rings (SSSR count). The van der Waals surface area contributed by atoms with E-state index in [0.717, 1.165) is 18.5 Å². The molecule has 1 aliphatic heterocycles. The van der Waals surface area contributed by atoms with Crippen LogP contribution in [0.2, 0.25) is 0 Å². The van der Waals surface area contributed by atoms with Gasteiger partial charge in [-0.05, 0) is 52.0 Å². The number of rotatable bonds is 6. The van der Waals surface area contributed by atoms with Gasteiger partial charge in [-0.2, -0.15) is 11.8 Å². The lowest BCUT2D eigenvalue weighted by molar-refractivity contribution is 0.179. The molecule has 0 aliphatic carbocycles. The smallest absolute Gasteiger partial charge is 0.0225 e. The molecule has 2 nitrogen and oxygen atoms in total. The van der Waals surface area contributed by atoms with Gasteiger partial charge in [-0.3, -0.25) is 0 Å². The van der Waals surface area contributed by atoms with Crippen LogP contribution < -0.4 is 5.32 Å². The first-order valence-corrected chi connectivity index (χ1v) is 8.16. The quantitative estimate of drug-likeness (QED) is 0.789. The Morgan fingerprint density at radius 2 is 1.88 bits per heavy atom. The molecule has 1 heterocycles. The van der Waals surface area contributed by atoms with E-state index in [2.05, 4.69) is 44.2 Å². The largest absolute Gasteiger partial charge is 0.313 e. The van der Waals surface area contributed by atoms with Gasteiger partial charge in [0.1, 0.15) is 0 Å². The van der Waals surface area contributed by atoms with Gasteiger partial charge < -0.3 is 10.2 Å². The summed E-state index contributed by atoms with van der Waals surface area (Å²) in [6, 6.07) is 0.741. The van der Waals surface area contributed by atoms with Crippen molar-refractivity contribution in [2.45, 2.75) is 51.3 Å². The lowest BCUT2D eigenvalue weighted by Crippen LogP contribution is -2.46. The molecule has 1 N–H and O–H groups in total. The Hall–Kier alpha value is 0.270. The van der Waals surface area contributed by atoms with Gasteiger partial charge in [0.05, 0.1) is 0 Å². The Morgan fingerprint density at radius 1 is 1.29 bits per heavy atom. The maximum atomic E-state index is 3.74. The number of nitrogens with zero attached hydrogens (tertiary/aromatic N) is 1. The van der Waals surface area contributed by atoms with Crippen LogP contribution >= 0.6 is 11.8 Å². The molecule has 3 heteroatoms. The molecule has 0 aromatic heterocycles. The van der Waals surface area contributed by atoms with Crippen molar-refractivity contribution in [1.82, 2.24) is 10.2 Å². The Kier molecular flexibility index (Phi) is 6.32. The molecular formula is C14H30N2S. The van der Waals surface area contributed by atoms with Gasteiger partial charge in [0, 0.05) is 23.9 Å². The van der Waals surface area contributed by atoms with Gasteiger partial charge in [-0.15, -0.1) is 0 Å². The summed E-state index contributed by atoms with van der Waals surface area (Å²) in [5, 5.41) is 3.74. The zero-order valence-electron chi connectivity index (χ0n) is 12.3. The summed E-state index contributed by atoms with van der Waals surface area (Å²) in [4.78, 5) is 2.61. The molecule has 0 spiro atoms. The standard InChI is InChI=1S/C14H30N2S/c1-12(2)10-16-8-6-13(7-9-16)15-11-14(3,4)17-5/h12-13,15H,6-11H2,1-5H3. The zero-order valence-corrected chi connectivity index (χ0v) is 13.1. The minimum atomic E-state index is 0.370. The van der Waals surface area contributed by atoms with E-state index >= 15 is 0 Å². The molecule has 102 valence electrons. The van der Waals surface area contributed by atoms with Crippen molar-refractivity contribution in [2.75, 3.05) is 32.4 Å². The van der Waals surface area contributed by atoms with Crippen LogP contribution in [-0.4, -0.2) is 48.1 Å². The highest BCUT2D eigenvalue weighted by molar-refractivity contribution is 7.99. The number of thioether (sulfide) groups is 1. The summed E-state index contributed by atoms with van der Waals surface area (Å²) in [6.07, 6.45) is 4.83. The molecule has 1 aliphatic rings. The molecule has 0 amide bonds. The molecule has 1 saturated heterocycles. The number of hydrogen-bond acceptors (Lipinski definition) is 3. The van der Waals surface area contributed by atoms with E-state index in [1.807, 2.05) is 11.8 Å². The number of piperidine rings is 1. The SMILES string of the molecule is CSC(C)(C)CNC1CCN(CC(C)C)CC1. The van der Waals surface area contributed by atoms with E-state index in [0.29, 0.717) is 4.75 Å². The molecule has 0 saturated carbocycles. The summed E-state index contributed by atoms with van der Waals surface area (Å²) >= 11 is 1.95. The van der Waals surface area contributed by atoms with E-state index in [1.54, 1.807) is 0 Å². The van der Waals surface area contributed by atoms with Gasteiger partial charge in [-0.25, -0.2) is 0 Å². The molecule has 0 atom stereocenters. The summed E-state index contributed by atoms with van der Waals surface area (Å²) in [5.74, 6) is 0.801. The molecule has 17 heavy (non-hydrogen) atoms. The van der Waals surface area contributed by atoms with Gasteiger partial charge >= 0.3 is 0 Å². The van der Waals surface area contributed by atoms with Crippen molar-refractivity contribution in [3.8, 4) is 0 Å². The van der Waals surface area contributed by atoms with E-state index < -0.39 is 0 Å². The summed E-state index contributed by atoms with van der Waals surface area (Å²) < 4.78 is 0.370. The number of nitrogens with one attached hydrogen (secondary N) is 1. The second-order valence-corrected chi connectivity index (χ2v) is 7.83. The number of hydrogen-bond donors (Lipinski definition) is 1. The minimum absolute atomic E-state index is 0.370. The van der Waals surface area contributed by atoms with Crippen molar-refractivity contribution < 1.29 is 0 Å². The van der Waals surface area contributed by atoms with Crippen molar-refractivity contribution in [3.05, 3.63) is 0 Å². The highest BCUT2D eigenvalue weighted by Crippen LogP contribution is 2.21. The van der Waals surface area contributed by atoms with Gasteiger partial charge in [0.25, 0.3) is 0 Å². The maximum Gasteiger partial charge on any atom is 0.0225 e.